The molecule has 0 spiro atoms. The normalized spacial score (nSPS) is 18.9. The lowest BCUT2D eigenvalue weighted by Gasteiger charge is -2.32. The second kappa shape index (κ2) is 6.96. The number of nitrogens with two attached hydrogens (primary N) is 1. The van der Waals surface area contributed by atoms with Crippen molar-refractivity contribution in [2.24, 2.45) is 11.7 Å². The van der Waals surface area contributed by atoms with Gasteiger partial charge < -0.3 is 5.73 Å². The number of nitrogens with zero attached hydrogens (tertiary/aromatic N) is 2. The maximum Gasteiger partial charge on any atom is 0.217 e. The zero-order chi connectivity index (χ0) is 16.2. The van der Waals surface area contributed by atoms with E-state index in [0.29, 0.717) is 12.3 Å². The summed E-state index contributed by atoms with van der Waals surface area (Å²) in [7, 11) is 0. The van der Waals surface area contributed by atoms with Gasteiger partial charge in [-0.2, -0.15) is 5.10 Å². The molecule has 2 aromatic rings. The predicted octanol–water partition coefficient (Wildman–Crippen LogP) is 2.47. The monoisotopic (exact) mass is 312 g/mol. The van der Waals surface area contributed by atoms with Crippen molar-refractivity contribution in [3.8, 4) is 11.3 Å². The standard InChI is InChI=1S/C18H24N4O/c1-13-4-2-6-15(8-13)18-16(10-20-21-18)12-22-7-3-5-14(11-22)9-17(19)23/h2,4,6,8,10,14H,3,5,7,9,11-12H2,1H3,(H2,19,23)(H,20,21). The lowest BCUT2D eigenvalue weighted by molar-refractivity contribution is -0.119. The SMILES string of the molecule is Cc1cccc(-c2[nH]ncc2CN2CCCC(CC(N)=O)C2)c1. The molecular formula is C18H24N4O. The fourth-order valence-corrected chi connectivity index (χ4v) is 3.47. The number of benzene rings is 1. The second-order valence-corrected chi connectivity index (χ2v) is 6.55. The first kappa shape index (κ1) is 15.7. The first-order valence-electron chi connectivity index (χ1n) is 8.22. The van der Waals surface area contributed by atoms with Crippen LogP contribution in [-0.4, -0.2) is 34.1 Å². The second-order valence-electron chi connectivity index (χ2n) is 6.55. The van der Waals surface area contributed by atoms with Gasteiger partial charge in [-0.1, -0.05) is 23.8 Å². The Labute approximate surface area is 136 Å². The van der Waals surface area contributed by atoms with Crippen molar-refractivity contribution in [1.82, 2.24) is 15.1 Å². The number of aromatic amines is 1. The molecule has 3 N–H and O–H groups in total. The number of hydrogen-bond donors (Lipinski definition) is 2. The van der Waals surface area contributed by atoms with Crippen molar-refractivity contribution in [2.45, 2.75) is 32.7 Å². The van der Waals surface area contributed by atoms with Gasteiger partial charge in [0.1, 0.15) is 0 Å². The number of aryl methyl sites for hydroxylation is 1. The van der Waals surface area contributed by atoms with E-state index in [4.69, 9.17) is 5.73 Å². The zero-order valence-electron chi connectivity index (χ0n) is 13.6. The van der Waals surface area contributed by atoms with Crippen LogP contribution in [0.4, 0.5) is 0 Å². The summed E-state index contributed by atoms with van der Waals surface area (Å²) in [6.07, 6.45) is 4.62. The van der Waals surface area contributed by atoms with Crippen LogP contribution in [-0.2, 0) is 11.3 Å². The molecule has 1 aromatic heterocycles. The average molecular weight is 312 g/mol. The van der Waals surface area contributed by atoms with Crippen molar-refractivity contribution in [2.75, 3.05) is 13.1 Å². The number of nitrogens with one attached hydrogen (secondary N) is 1. The molecular weight excluding hydrogens is 288 g/mol. The Morgan fingerprint density at radius 1 is 1.48 bits per heavy atom. The molecule has 5 nitrogen and oxygen atoms in total. The van der Waals surface area contributed by atoms with E-state index in [9.17, 15) is 4.79 Å². The number of carbonyl (C=O) groups is 1. The maximum atomic E-state index is 11.2. The number of carbonyl (C=O) groups excluding carboxylic acids is 1. The molecule has 1 fully saturated rings. The van der Waals surface area contributed by atoms with Crippen LogP contribution in [0.3, 0.4) is 0 Å². The Balaban J connectivity index is 1.71. The summed E-state index contributed by atoms with van der Waals surface area (Å²) < 4.78 is 0. The average Bonchev–Trinajstić information content (AvgIpc) is 2.95. The third-order valence-corrected chi connectivity index (χ3v) is 4.51. The minimum Gasteiger partial charge on any atom is -0.370 e. The number of H-pyrrole nitrogens is 1. The van der Waals surface area contributed by atoms with Crippen LogP contribution in [0.15, 0.2) is 30.5 Å². The quantitative estimate of drug-likeness (QED) is 0.890. The third kappa shape index (κ3) is 3.99. The molecule has 1 aromatic carbocycles. The van der Waals surface area contributed by atoms with Gasteiger partial charge in [0.15, 0.2) is 0 Å². The molecule has 1 amide bonds. The van der Waals surface area contributed by atoms with Crippen LogP contribution >= 0.6 is 0 Å². The number of piperidine rings is 1. The molecule has 1 atom stereocenters. The predicted molar refractivity (Wildman–Crippen MR) is 90.6 cm³/mol. The van der Waals surface area contributed by atoms with Crippen LogP contribution in [0.25, 0.3) is 11.3 Å². The molecule has 1 aliphatic rings. The summed E-state index contributed by atoms with van der Waals surface area (Å²) in [5.74, 6) is 0.191. The van der Waals surface area contributed by atoms with Crippen molar-refractivity contribution in [3.63, 3.8) is 0 Å². The van der Waals surface area contributed by atoms with Gasteiger partial charge in [-0.25, -0.2) is 0 Å². The van der Waals surface area contributed by atoms with Gasteiger partial charge in [-0.05, 0) is 38.3 Å². The smallest absolute Gasteiger partial charge is 0.217 e. The number of amides is 1. The molecule has 23 heavy (non-hydrogen) atoms. The fraction of sp³-hybridized carbons (Fsp3) is 0.444. The van der Waals surface area contributed by atoms with E-state index in [1.54, 1.807) is 0 Å². The fourth-order valence-electron chi connectivity index (χ4n) is 3.47. The van der Waals surface area contributed by atoms with E-state index in [1.165, 1.54) is 16.7 Å². The van der Waals surface area contributed by atoms with Gasteiger partial charge in [0.2, 0.25) is 5.91 Å². The van der Waals surface area contributed by atoms with Crippen molar-refractivity contribution in [3.05, 3.63) is 41.6 Å². The summed E-state index contributed by atoms with van der Waals surface area (Å²) in [6, 6.07) is 8.44. The highest BCUT2D eigenvalue weighted by molar-refractivity contribution is 5.74. The zero-order valence-corrected chi connectivity index (χ0v) is 13.6. The molecule has 0 aliphatic carbocycles. The molecule has 2 heterocycles. The summed E-state index contributed by atoms with van der Waals surface area (Å²) in [5, 5.41) is 7.37. The first-order chi connectivity index (χ1) is 11.1. The maximum absolute atomic E-state index is 11.2. The van der Waals surface area contributed by atoms with Crippen LogP contribution < -0.4 is 5.73 Å². The van der Waals surface area contributed by atoms with Crippen molar-refractivity contribution >= 4 is 5.91 Å². The van der Waals surface area contributed by atoms with Crippen LogP contribution in [0.1, 0.15) is 30.4 Å². The highest BCUT2D eigenvalue weighted by atomic mass is 16.1. The van der Waals surface area contributed by atoms with Gasteiger partial charge in [0.05, 0.1) is 11.9 Å². The van der Waals surface area contributed by atoms with Crippen molar-refractivity contribution < 1.29 is 4.79 Å². The Morgan fingerprint density at radius 2 is 2.35 bits per heavy atom. The summed E-state index contributed by atoms with van der Waals surface area (Å²) in [5.41, 5.74) is 10.0. The molecule has 122 valence electrons. The number of rotatable bonds is 5. The third-order valence-electron chi connectivity index (χ3n) is 4.51. The van der Waals surface area contributed by atoms with Gasteiger partial charge in [-0.3, -0.25) is 14.8 Å². The highest BCUT2D eigenvalue weighted by Crippen LogP contribution is 2.26. The van der Waals surface area contributed by atoms with E-state index in [0.717, 1.165) is 38.2 Å². The van der Waals surface area contributed by atoms with Gasteiger partial charge in [-0.15, -0.1) is 0 Å². The van der Waals surface area contributed by atoms with Crippen LogP contribution in [0, 0.1) is 12.8 Å². The Kier molecular flexibility index (Phi) is 4.76. The topological polar surface area (TPSA) is 75.0 Å². The lowest BCUT2D eigenvalue weighted by atomic mass is 9.94. The summed E-state index contributed by atoms with van der Waals surface area (Å²) >= 11 is 0. The molecule has 5 heteroatoms. The molecule has 0 bridgehead atoms. The van der Waals surface area contributed by atoms with Gasteiger partial charge in [0, 0.05) is 30.6 Å². The Bertz CT molecular complexity index is 679. The number of likely N-dealkylation sites (tertiary alicyclic amines) is 1. The number of aromatic nitrogens is 2. The molecule has 1 aliphatic heterocycles. The number of primary amides is 1. The van der Waals surface area contributed by atoms with E-state index in [2.05, 4.69) is 46.3 Å². The van der Waals surface area contributed by atoms with Crippen molar-refractivity contribution in [1.29, 1.82) is 0 Å². The number of hydrogen-bond acceptors (Lipinski definition) is 3. The molecule has 1 saturated heterocycles. The summed E-state index contributed by atoms with van der Waals surface area (Å²) in [4.78, 5) is 13.6. The van der Waals surface area contributed by atoms with Gasteiger partial charge in [0.25, 0.3) is 0 Å². The van der Waals surface area contributed by atoms with Crippen LogP contribution in [0.5, 0.6) is 0 Å². The minimum atomic E-state index is -0.194. The van der Waals surface area contributed by atoms with E-state index >= 15 is 0 Å². The first-order valence-corrected chi connectivity index (χ1v) is 8.22. The summed E-state index contributed by atoms with van der Waals surface area (Å²) in [6.45, 7) is 4.95. The van der Waals surface area contributed by atoms with E-state index < -0.39 is 0 Å². The Hall–Kier alpha value is -2.14. The molecule has 1 unspecified atom stereocenters. The minimum absolute atomic E-state index is 0.194. The molecule has 3 rings (SSSR count). The van der Waals surface area contributed by atoms with E-state index in [1.807, 2.05) is 6.20 Å². The van der Waals surface area contributed by atoms with Crippen LogP contribution in [0.2, 0.25) is 0 Å². The van der Waals surface area contributed by atoms with E-state index in [-0.39, 0.29) is 5.91 Å². The largest absolute Gasteiger partial charge is 0.370 e. The lowest BCUT2D eigenvalue weighted by Crippen LogP contribution is -2.36. The van der Waals surface area contributed by atoms with Gasteiger partial charge >= 0.3 is 0 Å². The molecule has 0 saturated carbocycles. The molecule has 0 radical (unpaired) electrons. The highest BCUT2D eigenvalue weighted by Gasteiger charge is 2.22. The Morgan fingerprint density at radius 3 is 3.13 bits per heavy atom.